The fourth-order valence-corrected chi connectivity index (χ4v) is 3.35. The third-order valence-corrected chi connectivity index (χ3v) is 4.56. The van der Waals surface area contributed by atoms with Crippen molar-refractivity contribution in [2.24, 2.45) is 17.8 Å². The van der Waals surface area contributed by atoms with Gasteiger partial charge >= 0.3 is 5.97 Å². The predicted octanol–water partition coefficient (Wildman–Crippen LogP) is 2.81. The molecule has 0 bridgehead atoms. The third kappa shape index (κ3) is 2.65. The van der Waals surface area contributed by atoms with Crippen molar-refractivity contribution >= 4 is 11.8 Å². The number of rotatable bonds is 0. The maximum atomic E-state index is 10.8. The summed E-state index contributed by atoms with van der Waals surface area (Å²) in [4.78, 5) is 21.6. The summed E-state index contributed by atoms with van der Waals surface area (Å²) in [6, 6.07) is 0. The molecule has 102 valence electrons. The van der Waals surface area contributed by atoms with Gasteiger partial charge in [0.05, 0.1) is 6.42 Å². The van der Waals surface area contributed by atoms with E-state index in [1.54, 1.807) is 0 Å². The minimum atomic E-state index is -0.0263. The molecule has 0 unspecified atom stereocenters. The molecule has 0 amide bonds. The van der Waals surface area contributed by atoms with E-state index in [0.717, 1.165) is 32.1 Å². The maximum absolute atomic E-state index is 10.8. The van der Waals surface area contributed by atoms with Crippen LogP contribution < -0.4 is 0 Å². The SMILES string of the molecule is O=C1C[C@@H]2C=CCC[C@@H]2O1.O=C1C[C@@H]2C=CCC[C@H]12. The van der Waals surface area contributed by atoms with E-state index in [1.165, 1.54) is 0 Å². The van der Waals surface area contributed by atoms with Crippen LogP contribution in [-0.2, 0) is 14.3 Å². The molecule has 3 heteroatoms. The van der Waals surface area contributed by atoms with Gasteiger partial charge in [0.15, 0.2) is 0 Å². The molecule has 4 atom stereocenters. The number of Topliss-reactive ketones (excluding diaryl/α,β-unsaturated/α-hetero) is 1. The zero-order valence-electron chi connectivity index (χ0n) is 11.1. The largest absolute Gasteiger partial charge is 0.462 e. The summed E-state index contributed by atoms with van der Waals surface area (Å²) in [5.74, 6) is 1.91. The first kappa shape index (κ1) is 12.6. The van der Waals surface area contributed by atoms with Gasteiger partial charge in [-0.25, -0.2) is 0 Å². The van der Waals surface area contributed by atoms with Crippen LogP contribution in [0.2, 0.25) is 0 Å². The van der Waals surface area contributed by atoms with Gasteiger partial charge in [0.1, 0.15) is 11.9 Å². The van der Waals surface area contributed by atoms with Gasteiger partial charge in [-0.15, -0.1) is 0 Å². The Kier molecular flexibility index (Phi) is 3.54. The number of fused-ring (bicyclic) bond motifs is 2. The molecular weight excluding hydrogens is 240 g/mol. The molecule has 1 aliphatic heterocycles. The number of allylic oxidation sites excluding steroid dienone is 3. The Morgan fingerprint density at radius 3 is 2.32 bits per heavy atom. The van der Waals surface area contributed by atoms with E-state index in [0.29, 0.717) is 30.0 Å². The lowest BCUT2D eigenvalue weighted by atomic mass is 9.68. The van der Waals surface area contributed by atoms with Gasteiger partial charge in [0, 0.05) is 18.3 Å². The maximum Gasteiger partial charge on any atom is 0.306 e. The van der Waals surface area contributed by atoms with Crippen molar-refractivity contribution in [3.8, 4) is 0 Å². The van der Waals surface area contributed by atoms with Crippen molar-refractivity contribution in [1.82, 2.24) is 0 Å². The van der Waals surface area contributed by atoms with E-state index in [4.69, 9.17) is 4.74 Å². The molecule has 4 aliphatic rings. The van der Waals surface area contributed by atoms with Gasteiger partial charge in [-0.2, -0.15) is 0 Å². The zero-order chi connectivity index (χ0) is 13.2. The first-order valence-electron chi connectivity index (χ1n) is 7.29. The Balaban J connectivity index is 0.000000117. The topological polar surface area (TPSA) is 43.4 Å². The van der Waals surface area contributed by atoms with Crippen molar-refractivity contribution in [2.45, 2.75) is 44.6 Å². The molecule has 3 nitrogen and oxygen atoms in total. The third-order valence-electron chi connectivity index (χ3n) is 4.56. The number of esters is 1. The molecule has 2 fully saturated rings. The fraction of sp³-hybridized carbons (Fsp3) is 0.625. The zero-order valence-corrected chi connectivity index (χ0v) is 11.1. The lowest BCUT2D eigenvalue weighted by molar-refractivity contribution is -0.141. The normalized spacial score (nSPS) is 38.5. The summed E-state index contributed by atoms with van der Waals surface area (Å²) in [7, 11) is 0. The number of carbonyl (C=O) groups excluding carboxylic acids is 2. The number of ketones is 1. The first-order chi connectivity index (χ1) is 9.24. The molecule has 1 saturated carbocycles. The standard InChI is InChI=1S/C8H10O2.C8H10O/c9-8-5-6-3-1-2-4-7(6)10-8;9-8-5-6-3-1-2-4-7(6)8/h1,3,6-7H,2,4-5H2;1,3,6-7H,2,4-5H2/t2*6-,7-/m00/s1. The molecule has 0 aromatic heterocycles. The van der Waals surface area contributed by atoms with Gasteiger partial charge < -0.3 is 4.74 Å². The van der Waals surface area contributed by atoms with Crippen LogP contribution in [0.25, 0.3) is 0 Å². The van der Waals surface area contributed by atoms with Crippen molar-refractivity contribution in [2.75, 3.05) is 0 Å². The minimum Gasteiger partial charge on any atom is -0.462 e. The first-order valence-corrected chi connectivity index (χ1v) is 7.29. The lowest BCUT2D eigenvalue weighted by Gasteiger charge is -2.35. The molecule has 1 saturated heterocycles. The van der Waals surface area contributed by atoms with E-state index in [-0.39, 0.29) is 12.1 Å². The monoisotopic (exact) mass is 260 g/mol. The average molecular weight is 260 g/mol. The highest BCUT2D eigenvalue weighted by atomic mass is 16.5. The lowest BCUT2D eigenvalue weighted by Crippen LogP contribution is -2.37. The van der Waals surface area contributed by atoms with Gasteiger partial charge in [0.25, 0.3) is 0 Å². The quantitative estimate of drug-likeness (QED) is 0.497. The number of hydrogen-bond acceptors (Lipinski definition) is 3. The highest BCUT2D eigenvalue weighted by Gasteiger charge is 2.38. The van der Waals surface area contributed by atoms with Crippen LogP contribution in [0.1, 0.15) is 38.5 Å². The van der Waals surface area contributed by atoms with Crippen molar-refractivity contribution in [1.29, 1.82) is 0 Å². The summed E-state index contributed by atoms with van der Waals surface area (Å²) in [5.41, 5.74) is 0. The number of ether oxygens (including phenoxy) is 1. The van der Waals surface area contributed by atoms with Crippen LogP contribution in [0.3, 0.4) is 0 Å². The molecule has 0 radical (unpaired) electrons. The molecule has 0 N–H and O–H groups in total. The predicted molar refractivity (Wildman–Crippen MR) is 71.3 cm³/mol. The van der Waals surface area contributed by atoms with Crippen molar-refractivity contribution < 1.29 is 14.3 Å². The Morgan fingerprint density at radius 2 is 1.68 bits per heavy atom. The summed E-state index contributed by atoms with van der Waals surface area (Å²) in [5, 5.41) is 0. The minimum absolute atomic E-state index is 0.0263. The second-order valence-electron chi connectivity index (χ2n) is 5.85. The van der Waals surface area contributed by atoms with Crippen LogP contribution in [0.15, 0.2) is 24.3 Å². The molecule has 1 heterocycles. The smallest absolute Gasteiger partial charge is 0.306 e. The second-order valence-corrected chi connectivity index (χ2v) is 5.85. The van der Waals surface area contributed by atoms with Gasteiger partial charge in [-0.1, -0.05) is 24.3 Å². The van der Waals surface area contributed by atoms with E-state index in [1.807, 2.05) is 0 Å². The Hall–Kier alpha value is -1.38. The Morgan fingerprint density at radius 1 is 0.947 bits per heavy atom. The molecule has 19 heavy (non-hydrogen) atoms. The highest BCUT2D eigenvalue weighted by Crippen LogP contribution is 2.38. The second kappa shape index (κ2) is 5.32. The van der Waals surface area contributed by atoms with Crippen molar-refractivity contribution in [3.05, 3.63) is 24.3 Å². The molecule has 0 spiro atoms. The highest BCUT2D eigenvalue weighted by molar-refractivity contribution is 5.88. The van der Waals surface area contributed by atoms with E-state index < -0.39 is 0 Å². The number of carbonyl (C=O) groups is 2. The van der Waals surface area contributed by atoms with Crippen LogP contribution in [0.4, 0.5) is 0 Å². The summed E-state index contributed by atoms with van der Waals surface area (Å²) < 4.78 is 5.08. The van der Waals surface area contributed by atoms with Gasteiger partial charge in [-0.3, -0.25) is 9.59 Å². The van der Waals surface area contributed by atoms with Crippen molar-refractivity contribution in [3.63, 3.8) is 0 Å². The van der Waals surface area contributed by atoms with Gasteiger partial charge in [0.2, 0.25) is 0 Å². The molecule has 3 aliphatic carbocycles. The van der Waals surface area contributed by atoms with Crippen LogP contribution in [0.5, 0.6) is 0 Å². The number of hydrogen-bond donors (Lipinski definition) is 0. The van der Waals surface area contributed by atoms with Gasteiger partial charge in [-0.05, 0) is 31.6 Å². The summed E-state index contributed by atoms with van der Waals surface area (Å²) in [6.07, 6.45) is 14.6. The molecule has 4 rings (SSSR count). The van der Waals surface area contributed by atoms with Crippen LogP contribution in [-0.4, -0.2) is 17.9 Å². The molecule has 0 aromatic rings. The summed E-state index contributed by atoms with van der Waals surface area (Å²) in [6.45, 7) is 0. The van der Waals surface area contributed by atoms with Crippen LogP contribution in [0, 0.1) is 17.8 Å². The fourth-order valence-electron chi connectivity index (χ4n) is 3.35. The van der Waals surface area contributed by atoms with E-state index in [9.17, 15) is 9.59 Å². The van der Waals surface area contributed by atoms with Crippen LogP contribution >= 0.6 is 0 Å². The summed E-state index contributed by atoms with van der Waals surface area (Å²) >= 11 is 0. The average Bonchev–Trinajstić information content (AvgIpc) is 2.78. The Bertz CT molecular complexity index is 435. The molecular formula is C16H20O3. The Labute approximate surface area is 113 Å². The van der Waals surface area contributed by atoms with E-state index in [2.05, 4.69) is 24.3 Å². The molecule has 0 aromatic carbocycles. The van der Waals surface area contributed by atoms with E-state index >= 15 is 0 Å².